The topological polar surface area (TPSA) is 106 Å². The summed E-state index contributed by atoms with van der Waals surface area (Å²) < 4.78 is 13.5. The Balaban J connectivity index is 1.36. The van der Waals surface area contributed by atoms with Gasteiger partial charge in [0.05, 0.1) is 24.2 Å². The Morgan fingerprint density at radius 2 is 1.97 bits per heavy atom. The number of carbonyl (C=O) groups is 1. The number of nitrogens with one attached hydrogen (secondary N) is 2. The molecule has 0 atom stereocenters. The molecule has 2 N–H and O–H groups in total. The Morgan fingerprint density at radius 1 is 1.17 bits per heavy atom. The Labute approximate surface area is 206 Å². The van der Waals surface area contributed by atoms with Crippen LogP contribution in [0.2, 0.25) is 0 Å². The Bertz CT molecular complexity index is 1130. The van der Waals surface area contributed by atoms with Crippen molar-refractivity contribution < 1.29 is 14.3 Å². The van der Waals surface area contributed by atoms with Crippen LogP contribution in [0.4, 0.5) is 5.82 Å². The number of carbonyl (C=O) groups excluding carboxylic acids is 1. The largest absolute Gasteiger partial charge is 0.492 e. The van der Waals surface area contributed by atoms with Crippen molar-refractivity contribution >= 4 is 28.4 Å². The molecule has 3 aromatic rings. The molecule has 1 amide bonds. The Morgan fingerprint density at radius 3 is 2.77 bits per heavy atom. The molecule has 0 bridgehead atoms. The van der Waals surface area contributed by atoms with Gasteiger partial charge in [0.1, 0.15) is 18.2 Å². The second kappa shape index (κ2) is 12.1. The molecule has 10 nitrogen and oxygen atoms in total. The number of fused-ring (bicyclic) bond motifs is 3. The van der Waals surface area contributed by atoms with Crippen molar-refractivity contribution in [3.05, 3.63) is 24.0 Å². The van der Waals surface area contributed by atoms with Crippen molar-refractivity contribution in [2.75, 3.05) is 57.9 Å². The van der Waals surface area contributed by atoms with Gasteiger partial charge < -0.3 is 20.1 Å². The number of hydrogen-bond donors (Lipinski definition) is 2. The third kappa shape index (κ3) is 6.79. The van der Waals surface area contributed by atoms with Gasteiger partial charge in [0, 0.05) is 45.2 Å². The molecule has 1 fully saturated rings. The molecule has 3 heterocycles. The monoisotopic (exact) mass is 483 g/mol. The Kier molecular flexibility index (Phi) is 8.70. The van der Waals surface area contributed by atoms with Gasteiger partial charge in [-0.15, -0.1) is 10.2 Å². The fourth-order valence-corrected chi connectivity index (χ4v) is 4.21. The highest BCUT2D eigenvalue weighted by atomic mass is 16.5. The van der Waals surface area contributed by atoms with Crippen LogP contribution in [0.3, 0.4) is 0 Å². The maximum absolute atomic E-state index is 11.8. The van der Waals surface area contributed by atoms with E-state index in [0.29, 0.717) is 37.0 Å². The first kappa shape index (κ1) is 25.1. The van der Waals surface area contributed by atoms with Gasteiger partial charge in [-0.1, -0.05) is 13.8 Å². The molecule has 1 aliphatic rings. The van der Waals surface area contributed by atoms with Crippen molar-refractivity contribution in [1.82, 2.24) is 29.8 Å². The van der Waals surface area contributed by atoms with E-state index in [1.54, 1.807) is 0 Å². The van der Waals surface area contributed by atoms with E-state index in [1.807, 2.05) is 43.4 Å². The fraction of sp³-hybridized carbons (Fsp3) is 0.600. The van der Waals surface area contributed by atoms with Crippen LogP contribution in [-0.2, 0) is 9.53 Å². The summed E-state index contributed by atoms with van der Waals surface area (Å²) in [5.41, 5.74) is 2.48. The molecule has 1 aromatic carbocycles. The number of unbranched alkanes of at least 4 members (excludes halogenated alkanes) is 1. The van der Waals surface area contributed by atoms with Gasteiger partial charge in [-0.3, -0.25) is 14.1 Å². The molecule has 4 rings (SSSR count). The van der Waals surface area contributed by atoms with E-state index in [1.165, 1.54) is 0 Å². The van der Waals surface area contributed by atoms with E-state index in [9.17, 15) is 4.79 Å². The summed E-state index contributed by atoms with van der Waals surface area (Å²) in [7, 11) is 0. The van der Waals surface area contributed by atoms with Gasteiger partial charge in [-0.25, -0.2) is 4.98 Å². The smallest absolute Gasteiger partial charge is 0.220 e. The summed E-state index contributed by atoms with van der Waals surface area (Å²) >= 11 is 0. The van der Waals surface area contributed by atoms with Crippen LogP contribution in [0, 0.1) is 12.8 Å². The van der Waals surface area contributed by atoms with Gasteiger partial charge in [-0.05, 0) is 37.8 Å². The quantitative estimate of drug-likeness (QED) is 0.379. The molecule has 0 saturated carbocycles. The zero-order chi connectivity index (χ0) is 24.6. The number of amides is 1. The fourth-order valence-electron chi connectivity index (χ4n) is 4.21. The lowest BCUT2D eigenvalue weighted by Crippen LogP contribution is -2.38. The number of anilines is 1. The normalized spacial score (nSPS) is 14.6. The van der Waals surface area contributed by atoms with Crippen LogP contribution in [0.5, 0.6) is 5.75 Å². The zero-order valence-corrected chi connectivity index (χ0v) is 21.0. The van der Waals surface area contributed by atoms with Gasteiger partial charge in [0.15, 0.2) is 5.82 Å². The van der Waals surface area contributed by atoms with Crippen LogP contribution in [-0.4, -0.2) is 82.9 Å². The lowest BCUT2D eigenvalue weighted by molar-refractivity contribution is -0.121. The summed E-state index contributed by atoms with van der Waals surface area (Å²) in [6.07, 6.45) is 2.38. The minimum Gasteiger partial charge on any atom is -0.492 e. The van der Waals surface area contributed by atoms with E-state index in [4.69, 9.17) is 14.5 Å². The Hall–Kier alpha value is -2.98. The summed E-state index contributed by atoms with van der Waals surface area (Å²) in [4.78, 5) is 19.0. The lowest BCUT2D eigenvalue weighted by Gasteiger charge is -2.26. The molecule has 1 aliphatic heterocycles. The predicted molar refractivity (Wildman–Crippen MR) is 136 cm³/mol. The zero-order valence-electron chi connectivity index (χ0n) is 21.0. The number of benzene rings is 1. The van der Waals surface area contributed by atoms with E-state index < -0.39 is 0 Å². The summed E-state index contributed by atoms with van der Waals surface area (Å²) in [6.45, 7) is 12.4. The molecule has 0 spiro atoms. The van der Waals surface area contributed by atoms with E-state index >= 15 is 0 Å². The van der Waals surface area contributed by atoms with Crippen LogP contribution in [0.15, 0.2) is 18.2 Å². The van der Waals surface area contributed by atoms with Crippen LogP contribution >= 0.6 is 0 Å². The standard InChI is InChI=1S/C25H37N7O3/c1-18(2)16-23(33)26-8-4-5-9-27-24-25-30-29-19(3)32(25)22-7-6-20(17-21(22)28-24)35-15-12-31-10-13-34-14-11-31/h6-7,17-18H,4-5,8-16H2,1-3H3,(H,26,33)(H,27,28). The van der Waals surface area contributed by atoms with Crippen LogP contribution < -0.4 is 15.4 Å². The minimum absolute atomic E-state index is 0.118. The maximum atomic E-state index is 11.8. The average molecular weight is 484 g/mol. The highest BCUT2D eigenvalue weighted by Gasteiger charge is 2.14. The van der Waals surface area contributed by atoms with Crippen molar-refractivity contribution in [2.45, 2.75) is 40.0 Å². The number of nitrogens with zero attached hydrogens (tertiary/aromatic N) is 5. The molecule has 35 heavy (non-hydrogen) atoms. The summed E-state index contributed by atoms with van der Waals surface area (Å²) in [6, 6.07) is 5.96. The first-order valence-corrected chi connectivity index (χ1v) is 12.6. The number of hydrogen-bond acceptors (Lipinski definition) is 8. The van der Waals surface area contributed by atoms with E-state index in [0.717, 1.165) is 74.8 Å². The minimum atomic E-state index is 0.118. The molecule has 0 unspecified atom stereocenters. The van der Waals surface area contributed by atoms with Crippen molar-refractivity contribution in [3.63, 3.8) is 0 Å². The SMILES string of the molecule is Cc1nnc2c(NCCCCNC(=O)CC(C)C)nc3cc(OCCN4CCOCC4)ccc3n12. The number of aryl methyl sites for hydroxylation is 1. The van der Waals surface area contributed by atoms with Crippen LogP contribution in [0.1, 0.15) is 38.9 Å². The molecule has 0 aliphatic carbocycles. The van der Waals surface area contributed by atoms with E-state index in [2.05, 4.69) is 25.7 Å². The number of ether oxygens (including phenoxy) is 2. The number of morpholine rings is 1. The maximum Gasteiger partial charge on any atom is 0.220 e. The van der Waals surface area contributed by atoms with Gasteiger partial charge in [0.25, 0.3) is 0 Å². The van der Waals surface area contributed by atoms with Gasteiger partial charge in [0.2, 0.25) is 11.6 Å². The molecule has 1 saturated heterocycles. The van der Waals surface area contributed by atoms with E-state index in [-0.39, 0.29) is 5.91 Å². The predicted octanol–water partition coefficient (Wildman–Crippen LogP) is 2.65. The lowest BCUT2D eigenvalue weighted by atomic mass is 10.1. The third-order valence-corrected chi connectivity index (χ3v) is 6.05. The van der Waals surface area contributed by atoms with Gasteiger partial charge in [-0.2, -0.15) is 0 Å². The first-order valence-electron chi connectivity index (χ1n) is 12.6. The van der Waals surface area contributed by atoms with Gasteiger partial charge >= 0.3 is 0 Å². The molecular weight excluding hydrogens is 446 g/mol. The number of rotatable bonds is 12. The van der Waals surface area contributed by atoms with Crippen molar-refractivity contribution in [3.8, 4) is 5.75 Å². The second-order valence-electron chi connectivity index (χ2n) is 9.40. The second-order valence-corrected chi connectivity index (χ2v) is 9.40. The first-order chi connectivity index (χ1) is 17.0. The highest BCUT2D eigenvalue weighted by molar-refractivity contribution is 5.84. The molecule has 2 aromatic heterocycles. The third-order valence-electron chi connectivity index (χ3n) is 6.05. The summed E-state index contributed by atoms with van der Waals surface area (Å²) in [5, 5.41) is 15.0. The van der Waals surface area contributed by atoms with Crippen molar-refractivity contribution in [2.24, 2.45) is 5.92 Å². The highest BCUT2D eigenvalue weighted by Crippen LogP contribution is 2.25. The average Bonchev–Trinajstić information content (AvgIpc) is 3.23. The van der Waals surface area contributed by atoms with Crippen LogP contribution in [0.25, 0.3) is 16.7 Å². The molecular formula is C25H37N7O3. The number of aromatic nitrogens is 4. The molecule has 10 heteroatoms. The van der Waals surface area contributed by atoms with Crippen molar-refractivity contribution in [1.29, 1.82) is 0 Å². The molecule has 190 valence electrons. The summed E-state index contributed by atoms with van der Waals surface area (Å²) in [5.74, 6) is 2.80. The molecule has 0 radical (unpaired) electrons.